The Kier molecular flexibility index (Phi) is 4.42. The lowest BCUT2D eigenvalue weighted by Gasteiger charge is -2.25. The van der Waals surface area contributed by atoms with Gasteiger partial charge in [-0.25, -0.2) is 0 Å². The lowest BCUT2D eigenvalue weighted by molar-refractivity contribution is 0.239. The molecule has 1 unspecified atom stereocenters. The number of nitrogens with one attached hydrogen (secondary N) is 1. The summed E-state index contributed by atoms with van der Waals surface area (Å²) in [6.45, 7) is 4.76. The van der Waals surface area contributed by atoms with Crippen molar-refractivity contribution in [2.75, 3.05) is 20.1 Å². The Morgan fingerprint density at radius 1 is 1.15 bits per heavy atom. The highest BCUT2D eigenvalue weighted by molar-refractivity contribution is 5.24. The van der Waals surface area contributed by atoms with Crippen molar-refractivity contribution < 1.29 is 0 Å². The number of rotatable bonds is 8. The Balaban J connectivity index is 1.54. The molecule has 1 aromatic carbocycles. The molecule has 0 aromatic heterocycles. The van der Waals surface area contributed by atoms with Crippen LogP contribution in [-0.2, 0) is 0 Å². The summed E-state index contributed by atoms with van der Waals surface area (Å²) in [5.41, 5.74) is 2.78. The number of benzene rings is 1. The van der Waals surface area contributed by atoms with Crippen molar-refractivity contribution in [1.29, 1.82) is 0 Å². The summed E-state index contributed by atoms with van der Waals surface area (Å²) >= 11 is 0. The zero-order chi connectivity index (χ0) is 13.9. The third kappa shape index (κ3) is 3.83. The van der Waals surface area contributed by atoms with Crippen molar-refractivity contribution in [3.8, 4) is 0 Å². The summed E-state index contributed by atoms with van der Waals surface area (Å²) in [5, 5.41) is 3.49. The van der Waals surface area contributed by atoms with E-state index in [-0.39, 0.29) is 0 Å². The van der Waals surface area contributed by atoms with Crippen LogP contribution in [0.1, 0.15) is 49.3 Å². The van der Waals surface area contributed by atoms with Gasteiger partial charge < -0.3 is 10.2 Å². The lowest BCUT2D eigenvalue weighted by atomic mass is 10.0. The second kappa shape index (κ2) is 6.28. The van der Waals surface area contributed by atoms with Gasteiger partial charge in [0, 0.05) is 25.2 Å². The summed E-state index contributed by atoms with van der Waals surface area (Å²) in [6.07, 6.45) is 7.03. The first kappa shape index (κ1) is 14.1. The van der Waals surface area contributed by atoms with Crippen LogP contribution in [0, 0.1) is 12.8 Å². The molecule has 0 bridgehead atoms. The van der Waals surface area contributed by atoms with Crippen LogP contribution in [0.15, 0.2) is 24.3 Å². The maximum Gasteiger partial charge on any atom is 0.0329 e. The smallest absolute Gasteiger partial charge is 0.0329 e. The van der Waals surface area contributed by atoms with Gasteiger partial charge in [-0.15, -0.1) is 0 Å². The molecule has 2 heteroatoms. The number of aryl methyl sites for hydroxylation is 1. The highest BCUT2D eigenvalue weighted by Gasteiger charge is 2.33. The van der Waals surface area contributed by atoms with E-state index in [1.54, 1.807) is 0 Å². The van der Waals surface area contributed by atoms with Crippen LogP contribution in [0.5, 0.6) is 0 Å². The lowest BCUT2D eigenvalue weighted by Crippen LogP contribution is -2.32. The molecule has 110 valence electrons. The van der Waals surface area contributed by atoms with E-state index in [0.717, 1.165) is 12.0 Å². The van der Waals surface area contributed by atoms with Gasteiger partial charge in [0.25, 0.3) is 0 Å². The summed E-state index contributed by atoms with van der Waals surface area (Å²) < 4.78 is 0. The molecule has 2 aliphatic carbocycles. The minimum absolute atomic E-state index is 0.496. The molecule has 0 radical (unpaired) electrons. The second-order valence-electron chi connectivity index (χ2n) is 6.71. The largest absolute Gasteiger partial charge is 0.313 e. The van der Waals surface area contributed by atoms with Gasteiger partial charge >= 0.3 is 0 Å². The molecule has 1 aromatic rings. The maximum atomic E-state index is 3.49. The molecular formula is C18H28N2. The van der Waals surface area contributed by atoms with E-state index in [9.17, 15) is 0 Å². The first-order valence-corrected chi connectivity index (χ1v) is 8.24. The molecule has 0 spiro atoms. The highest BCUT2D eigenvalue weighted by atomic mass is 15.2. The Morgan fingerprint density at radius 3 is 2.40 bits per heavy atom. The molecular weight excluding hydrogens is 244 g/mol. The van der Waals surface area contributed by atoms with E-state index < -0.39 is 0 Å². The van der Waals surface area contributed by atoms with Gasteiger partial charge in [-0.1, -0.05) is 29.8 Å². The Hall–Kier alpha value is -0.860. The predicted octanol–water partition coefficient (Wildman–Crippen LogP) is 3.52. The van der Waals surface area contributed by atoms with Gasteiger partial charge in [0.1, 0.15) is 0 Å². The van der Waals surface area contributed by atoms with Crippen LogP contribution in [0.3, 0.4) is 0 Å². The second-order valence-corrected chi connectivity index (χ2v) is 6.71. The average molecular weight is 272 g/mol. The molecule has 0 amide bonds. The monoisotopic (exact) mass is 272 g/mol. The fourth-order valence-corrected chi connectivity index (χ4v) is 3.07. The van der Waals surface area contributed by atoms with E-state index in [1.165, 1.54) is 56.3 Å². The molecule has 1 atom stereocenters. The molecule has 2 aliphatic rings. The predicted molar refractivity (Wildman–Crippen MR) is 84.9 cm³/mol. The van der Waals surface area contributed by atoms with Gasteiger partial charge in [0.15, 0.2) is 0 Å². The van der Waals surface area contributed by atoms with E-state index in [2.05, 4.69) is 48.5 Å². The van der Waals surface area contributed by atoms with E-state index in [0.29, 0.717) is 6.04 Å². The standard InChI is InChI=1S/C18H28N2/c1-14-3-7-16(8-4-14)18(19-2)11-12-20(17-9-10-17)13-15-5-6-15/h3-4,7-8,15,17-19H,5-6,9-13H2,1-2H3. The SMILES string of the molecule is CNC(CCN(CC1CC1)C1CC1)c1ccc(C)cc1. The Morgan fingerprint density at radius 2 is 1.85 bits per heavy atom. The molecule has 0 heterocycles. The molecule has 0 saturated heterocycles. The molecule has 2 saturated carbocycles. The topological polar surface area (TPSA) is 15.3 Å². The molecule has 3 rings (SSSR count). The van der Waals surface area contributed by atoms with E-state index in [4.69, 9.17) is 0 Å². The van der Waals surface area contributed by atoms with Crippen LogP contribution >= 0.6 is 0 Å². The molecule has 2 nitrogen and oxygen atoms in total. The number of hydrogen-bond acceptors (Lipinski definition) is 2. The first-order chi connectivity index (χ1) is 9.76. The summed E-state index contributed by atoms with van der Waals surface area (Å²) in [7, 11) is 2.09. The first-order valence-electron chi connectivity index (χ1n) is 8.24. The highest BCUT2D eigenvalue weighted by Crippen LogP contribution is 2.35. The zero-order valence-corrected chi connectivity index (χ0v) is 12.9. The quantitative estimate of drug-likeness (QED) is 0.779. The van der Waals surface area contributed by atoms with Crippen LogP contribution in [0.4, 0.5) is 0 Å². The van der Waals surface area contributed by atoms with Gasteiger partial charge in [-0.2, -0.15) is 0 Å². The van der Waals surface area contributed by atoms with Crippen LogP contribution in [0.25, 0.3) is 0 Å². The number of nitrogens with zero attached hydrogens (tertiary/aromatic N) is 1. The molecule has 1 N–H and O–H groups in total. The summed E-state index contributed by atoms with van der Waals surface area (Å²) in [6, 6.07) is 10.4. The van der Waals surface area contributed by atoms with Crippen LogP contribution in [-0.4, -0.2) is 31.1 Å². The van der Waals surface area contributed by atoms with Crippen molar-refractivity contribution in [1.82, 2.24) is 10.2 Å². The average Bonchev–Trinajstić information content (AvgIpc) is 3.33. The number of hydrogen-bond donors (Lipinski definition) is 1. The molecule has 0 aliphatic heterocycles. The van der Waals surface area contributed by atoms with Crippen molar-refractivity contribution in [2.24, 2.45) is 5.92 Å². The summed E-state index contributed by atoms with van der Waals surface area (Å²) in [5.74, 6) is 1.02. The Labute approximate surface area is 123 Å². The van der Waals surface area contributed by atoms with Gasteiger partial charge in [-0.3, -0.25) is 0 Å². The Bertz CT molecular complexity index is 418. The maximum absolute atomic E-state index is 3.49. The van der Waals surface area contributed by atoms with E-state index in [1.807, 2.05) is 0 Å². The van der Waals surface area contributed by atoms with Gasteiger partial charge in [0.2, 0.25) is 0 Å². The molecule has 2 fully saturated rings. The normalized spacial score (nSPS) is 20.4. The van der Waals surface area contributed by atoms with Crippen molar-refractivity contribution >= 4 is 0 Å². The zero-order valence-electron chi connectivity index (χ0n) is 12.9. The minimum atomic E-state index is 0.496. The fraction of sp³-hybridized carbons (Fsp3) is 0.667. The van der Waals surface area contributed by atoms with Crippen molar-refractivity contribution in [3.63, 3.8) is 0 Å². The third-order valence-electron chi connectivity index (χ3n) is 4.79. The van der Waals surface area contributed by atoms with E-state index >= 15 is 0 Å². The fourth-order valence-electron chi connectivity index (χ4n) is 3.07. The minimum Gasteiger partial charge on any atom is -0.313 e. The van der Waals surface area contributed by atoms with Gasteiger partial charge in [0.05, 0.1) is 0 Å². The van der Waals surface area contributed by atoms with Crippen molar-refractivity contribution in [3.05, 3.63) is 35.4 Å². The summed E-state index contributed by atoms with van der Waals surface area (Å²) in [4.78, 5) is 2.76. The molecule has 20 heavy (non-hydrogen) atoms. The van der Waals surface area contributed by atoms with Crippen LogP contribution < -0.4 is 5.32 Å². The third-order valence-corrected chi connectivity index (χ3v) is 4.79. The van der Waals surface area contributed by atoms with Gasteiger partial charge in [-0.05, 0) is 57.6 Å². The van der Waals surface area contributed by atoms with Crippen LogP contribution in [0.2, 0.25) is 0 Å². The van der Waals surface area contributed by atoms with Crippen molar-refractivity contribution in [2.45, 2.75) is 51.1 Å².